The third kappa shape index (κ3) is 3.59. The third-order valence-electron chi connectivity index (χ3n) is 5.06. The maximum atomic E-state index is 12.8. The van der Waals surface area contributed by atoms with Crippen molar-refractivity contribution in [1.82, 2.24) is 9.80 Å². The fraction of sp³-hybridized carbons (Fsp3) is 0.421. The minimum atomic E-state index is -2.83. The van der Waals surface area contributed by atoms with Crippen LogP contribution in [-0.4, -0.2) is 54.5 Å². The number of rotatable bonds is 4. The number of halogens is 2. The van der Waals surface area contributed by atoms with Crippen LogP contribution in [0.25, 0.3) is 10.4 Å². The predicted molar refractivity (Wildman–Crippen MR) is 96.9 cm³/mol. The number of nitrogens with zero attached hydrogens (tertiary/aromatic N) is 2. The molecule has 1 atom stereocenters. The first kappa shape index (κ1) is 17.4. The number of fused-ring (bicyclic) bond motifs is 1. The zero-order valence-electron chi connectivity index (χ0n) is 14.2. The van der Waals surface area contributed by atoms with Crippen molar-refractivity contribution in [2.24, 2.45) is 0 Å². The highest BCUT2D eigenvalue weighted by atomic mass is 32.1. The number of carbonyl (C=O) groups is 1. The van der Waals surface area contributed by atoms with Gasteiger partial charge in [0.15, 0.2) is 0 Å². The van der Waals surface area contributed by atoms with Crippen LogP contribution in [0.3, 0.4) is 0 Å². The second kappa shape index (κ2) is 7.32. The molecule has 2 aromatic rings. The summed E-state index contributed by atoms with van der Waals surface area (Å²) in [5.41, 5.74) is 0.885. The molecule has 0 spiro atoms. The average Bonchev–Trinajstić information content (AvgIpc) is 3.30. The van der Waals surface area contributed by atoms with Crippen LogP contribution < -0.4 is 4.74 Å². The number of alkyl halides is 2. The largest absolute Gasteiger partial charge is 0.435 e. The Balaban J connectivity index is 1.44. The first-order valence-corrected chi connectivity index (χ1v) is 9.60. The van der Waals surface area contributed by atoms with Crippen molar-refractivity contribution >= 4 is 17.2 Å². The molecular formula is C19H20F2N2O2S. The van der Waals surface area contributed by atoms with Crippen molar-refractivity contribution in [2.75, 3.05) is 26.2 Å². The molecule has 0 bridgehead atoms. The van der Waals surface area contributed by atoms with E-state index in [0.717, 1.165) is 41.5 Å². The van der Waals surface area contributed by atoms with E-state index >= 15 is 0 Å². The molecule has 0 aliphatic carbocycles. The summed E-state index contributed by atoms with van der Waals surface area (Å²) in [6.07, 6.45) is 2.40. The van der Waals surface area contributed by atoms with Gasteiger partial charge < -0.3 is 9.64 Å². The van der Waals surface area contributed by atoms with Crippen molar-refractivity contribution in [2.45, 2.75) is 25.5 Å². The van der Waals surface area contributed by atoms with Crippen molar-refractivity contribution in [3.8, 4) is 16.2 Å². The summed E-state index contributed by atoms with van der Waals surface area (Å²) < 4.78 is 28.8. The Morgan fingerprint density at radius 1 is 1.12 bits per heavy atom. The number of ether oxygens (including phenoxy) is 1. The van der Waals surface area contributed by atoms with Crippen molar-refractivity contribution in [1.29, 1.82) is 0 Å². The second-order valence-corrected chi connectivity index (χ2v) is 7.73. The van der Waals surface area contributed by atoms with E-state index in [0.29, 0.717) is 6.04 Å². The third-order valence-corrected chi connectivity index (χ3v) is 6.18. The van der Waals surface area contributed by atoms with Gasteiger partial charge in [0, 0.05) is 30.6 Å². The fourth-order valence-electron chi connectivity index (χ4n) is 3.74. The van der Waals surface area contributed by atoms with Crippen molar-refractivity contribution < 1.29 is 18.3 Å². The van der Waals surface area contributed by atoms with Crippen LogP contribution in [0.2, 0.25) is 0 Å². The quantitative estimate of drug-likeness (QED) is 0.808. The molecule has 0 saturated carbocycles. The first-order valence-electron chi connectivity index (χ1n) is 8.78. The number of thiophene rings is 1. The lowest BCUT2D eigenvalue weighted by molar-refractivity contribution is -0.0498. The van der Waals surface area contributed by atoms with Crippen LogP contribution in [0.5, 0.6) is 5.75 Å². The summed E-state index contributed by atoms with van der Waals surface area (Å²) >= 11 is 1.44. The molecule has 1 aromatic carbocycles. The molecule has 4 nitrogen and oxygen atoms in total. The van der Waals surface area contributed by atoms with Gasteiger partial charge in [0.2, 0.25) is 0 Å². The lowest BCUT2D eigenvalue weighted by Gasteiger charge is -2.37. The number of hydrogen-bond donors (Lipinski definition) is 0. The molecule has 2 aliphatic heterocycles. The molecule has 138 valence electrons. The maximum absolute atomic E-state index is 12.8. The van der Waals surface area contributed by atoms with E-state index in [-0.39, 0.29) is 11.7 Å². The van der Waals surface area contributed by atoms with E-state index < -0.39 is 6.61 Å². The van der Waals surface area contributed by atoms with E-state index in [9.17, 15) is 13.6 Å². The zero-order valence-corrected chi connectivity index (χ0v) is 15.1. The number of piperazine rings is 1. The summed E-state index contributed by atoms with van der Waals surface area (Å²) in [6.45, 7) is 0.877. The van der Waals surface area contributed by atoms with Gasteiger partial charge >= 0.3 is 6.61 Å². The molecule has 2 saturated heterocycles. The highest BCUT2D eigenvalue weighted by molar-refractivity contribution is 7.17. The molecule has 1 amide bonds. The summed E-state index contributed by atoms with van der Waals surface area (Å²) in [4.78, 5) is 18.9. The normalized spacial score (nSPS) is 20.4. The predicted octanol–water partition coefficient (Wildman–Crippen LogP) is 3.94. The van der Waals surface area contributed by atoms with E-state index in [1.807, 2.05) is 17.0 Å². The Hall–Kier alpha value is -1.99. The topological polar surface area (TPSA) is 32.8 Å². The molecule has 4 rings (SSSR count). The van der Waals surface area contributed by atoms with Gasteiger partial charge in [0.05, 0.1) is 4.88 Å². The van der Waals surface area contributed by atoms with E-state index in [4.69, 9.17) is 0 Å². The van der Waals surface area contributed by atoms with E-state index in [2.05, 4.69) is 9.64 Å². The van der Waals surface area contributed by atoms with Crippen molar-refractivity contribution in [3.63, 3.8) is 0 Å². The van der Waals surface area contributed by atoms with Gasteiger partial charge in [-0.3, -0.25) is 9.69 Å². The fourth-order valence-corrected chi connectivity index (χ4v) is 4.72. The van der Waals surface area contributed by atoms with Gasteiger partial charge in [-0.2, -0.15) is 8.78 Å². The molecule has 0 radical (unpaired) electrons. The smallest absolute Gasteiger partial charge is 0.387 e. The highest BCUT2D eigenvalue weighted by Gasteiger charge is 2.33. The zero-order chi connectivity index (χ0) is 18.1. The van der Waals surface area contributed by atoms with Crippen LogP contribution in [0, 0.1) is 0 Å². The maximum Gasteiger partial charge on any atom is 0.387 e. The summed E-state index contributed by atoms with van der Waals surface area (Å²) in [5, 5.41) is 0. The van der Waals surface area contributed by atoms with Crippen LogP contribution in [0.4, 0.5) is 8.78 Å². The minimum Gasteiger partial charge on any atom is -0.435 e. The Morgan fingerprint density at radius 3 is 2.69 bits per heavy atom. The second-order valence-electron chi connectivity index (χ2n) is 6.65. The van der Waals surface area contributed by atoms with E-state index in [1.54, 1.807) is 12.1 Å². The number of benzene rings is 1. The van der Waals surface area contributed by atoms with Crippen LogP contribution >= 0.6 is 11.3 Å². The standard InChI is InChI=1S/C19H20F2N2O2S/c20-19(21)25-15-5-3-13(4-6-15)16-7-8-17(26-16)18(24)23-11-10-22-9-1-2-14(22)12-23/h3-8,14,19H,1-2,9-12H2. The lowest BCUT2D eigenvalue weighted by Crippen LogP contribution is -2.51. The molecule has 2 aliphatic rings. The van der Waals surface area contributed by atoms with E-state index in [1.165, 1.54) is 36.3 Å². The van der Waals surface area contributed by atoms with Gasteiger partial charge in [-0.15, -0.1) is 11.3 Å². The summed E-state index contributed by atoms with van der Waals surface area (Å²) in [6, 6.07) is 10.8. The molecular weight excluding hydrogens is 358 g/mol. The number of carbonyl (C=O) groups excluding carboxylic acids is 1. The molecule has 0 N–H and O–H groups in total. The molecule has 1 unspecified atom stereocenters. The van der Waals surface area contributed by atoms with Gasteiger partial charge in [0.25, 0.3) is 5.91 Å². The average molecular weight is 378 g/mol. The minimum absolute atomic E-state index is 0.0884. The van der Waals surface area contributed by atoms with Gasteiger partial charge in [0.1, 0.15) is 5.75 Å². The SMILES string of the molecule is O=C(c1ccc(-c2ccc(OC(F)F)cc2)s1)N1CCN2CCCC2C1. The van der Waals surface area contributed by atoms with Gasteiger partial charge in [-0.1, -0.05) is 0 Å². The molecule has 7 heteroatoms. The van der Waals surface area contributed by atoms with Crippen LogP contribution in [-0.2, 0) is 0 Å². The molecule has 2 fully saturated rings. The number of amides is 1. The first-order chi connectivity index (χ1) is 12.6. The Bertz CT molecular complexity index is 778. The Labute approximate surface area is 155 Å². The Kier molecular flexibility index (Phi) is 4.91. The van der Waals surface area contributed by atoms with Gasteiger partial charge in [-0.05, 0) is 61.3 Å². The van der Waals surface area contributed by atoms with Gasteiger partial charge in [-0.25, -0.2) is 0 Å². The van der Waals surface area contributed by atoms with Crippen LogP contribution in [0.1, 0.15) is 22.5 Å². The Morgan fingerprint density at radius 2 is 1.92 bits per heavy atom. The summed E-state index contributed by atoms with van der Waals surface area (Å²) in [5.74, 6) is 0.219. The lowest BCUT2D eigenvalue weighted by atomic mass is 10.1. The monoisotopic (exact) mass is 378 g/mol. The molecule has 26 heavy (non-hydrogen) atoms. The molecule has 1 aromatic heterocycles. The molecule has 3 heterocycles. The summed E-state index contributed by atoms with van der Waals surface area (Å²) in [7, 11) is 0. The van der Waals surface area contributed by atoms with Crippen molar-refractivity contribution in [3.05, 3.63) is 41.3 Å². The highest BCUT2D eigenvalue weighted by Crippen LogP contribution is 2.31. The van der Waals surface area contributed by atoms with Crippen LogP contribution in [0.15, 0.2) is 36.4 Å². The number of hydrogen-bond acceptors (Lipinski definition) is 4.